The van der Waals surface area contributed by atoms with Crippen LogP contribution in [0.5, 0.6) is 5.75 Å². The molecule has 1 heterocycles. The highest BCUT2D eigenvalue weighted by Gasteiger charge is 2.32. The third-order valence-electron chi connectivity index (χ3n) is 3.44. The maximum Gasteiger partial charge on any atom is 0.124 e. The van der Waals surface area contributed by atoms with Crippen molar-refractivity contribution < 1.29 is 9.47 Å². The molecule has 0 aromatic heterocycles. The first-order valence-corrected chi connectivity index (χ1v) is 7.11. The van der Waals surface area contributed by atoms with Crippen LogP contribution < -0.4 is 10.5 Å². The van der Waals surface area contributed by atoms with Gasteiger partial charge in [0.25, 0.3) is 0 Å². The molecule has 1 aromatic rings. The minimum absolute atomic E-state index is 0.0298. The summed E-state index contributed by atoms with van der Waals surface area (Å²) in [6.07, 6.45) is 2.27. The van der Waals surface area contributed by atoms with Crippen molar-refractivity contribution in [1.82, 2.24) is 0 Å². The summed E-state index contributed by atoms with van der Waals surface area (Å²) in [5.41, 5.74) is 6.85. The number of benzene rings is 1. The zero-order valence-corrected chi connectivity index (χ0v) is 12.5. The summed E-state index contributed by atoms with van der Waals surface area (Å²) in [6, 6.07) is 5.46. The SMILES string of the molecule is CC(N)c1cc(Cl)ccc1OCC1CCC(C)(C)O1. The van der Waals surface area contributed by atoms with Gasteiger partial charge in [0.15, 0.2) is 0 Å². The largest absolute Gasteiger partial charge is 0.491 e. The lowest BCUT2D eigenvalue weighted by molar-refractivity contribution is -0.0327. The summed E-state index contributed by atoms with van der Waals surface area (Å²) in [5.74, 6) is 0.799. The molecule has 106 valence electrons. The molecule has 1 aromatic carbocycles. The van der Waals surface area contributed by atoms with Gasteiger partial charge < -0.3 is 15.2 Å². The van der Waals surface area contributed by atoms with Crippen molar-refractivity contribution >= 4 is 11.6 Å². The summed E-state index contributed by atoms with van der Waals surface area (Å²) in [6.45, 7) is 6.71. The van der Waals surface area contributed by atoms with E-state index in [2.05, 4.69) is 13.8 Å². The average Bonchev–Trinajstić information content (AvgIpc) is 2.67. The van der Waals surface area contributed by atoms with Gasteiger partial charge in [-0.25, -0.2) is 0 Å². The molecular weight excluding hydrogens is 262 g/mol. The van der Waals surface area contributed by atoms with E-state index in [9.17, 15) is 0 Å². The molecule has 1 aliphatic heterocycles. The van der Waals surface area contributed by atoms with Gasteiger partial charge in [0, 0.05) is 16.6 Å². The van der Waals surface area contributed by atoms with E-state index in [0.717, 1.165) is 24.2 Å². The molecule has 3 nitrogen and oxygen atoms in total. The van der Waals surface area contributed by atoms with Crippen LogP contribution in [-0.4, -0.2) is 18.3 Å². The van der Waals surface area contributed by atoms with E-state index in [-0.39, 0.29) is 17.7 Å². The Kier molecular flexibility index (Phi) is 4.39. The molecule has 1 fully saturated rings. The summed E-state index contributed by atoms with van der Waals surface area (Å²) in [5, 5.41) is 0.679. The third-order valence-corrected chi connectivity index (χ3v) is 3.68. The van der Waals surface area contributed by atoms with E-state index in [1.54, 1.807) is 0 Å². The molecule has 2 N–H and O–H groups in total. The van der Waals surface area contributed by atoms with Crippen molar-refractivity contribution in [2.24, 2.45) is 5.73 Å². The second-order valence-electron chi connectivity index (χ2n) is 5.82. The topological polar surface area (TPSA) is 44.5 Å². The quantitative estimate of drug-likeness (QED) is 0.916. The molecule has 0 amide bonds. The highest BCUT2D eigenvalue weighted by Crippen LogP contribution is 2.31. The van der Waals surface area contributed by atoms with E-state index < -0.39 is 0 Å². The van der Waals surface area contributed by atoms with Crippen LogP contribution in [0, 0.1) is 0 Å². The van der Waals surface area contributed by atoms with Crippen LogP contribution in [0.25, 0.3) is 0 Å². The Hall–Kier alpha value is -0.770. The molecule has 0 spiro atoms. The van der Waals surface area contributed by atoms with E-state index >= 15 is 0 Å². The van der Waals surface area contributed by atoms with Gasteiger partial charge >= 0.3 is 0 Å². The van der Waals surface area contributed by atoms with E-state index in [0.29, 0.717) is 11.6 Å². The Balaban J connectivity index is 2.00. The first kappa shape index (κ1) is 14.6. The summed E-state index contributed by atoms with van der Waals surface area (Å²) < 4.78 is 11.8. The van der Waals surface area contributed by atoms with Crippen LogP contribution in [-0.2, 0) is 4.74 Å². The number of nitrogens with two attached hydrogens (primary N) is 1. The molecule has 2 rings (SSSR count). The molecule has 4 heteroatoms. The van der Waals surface area contributed by atoms with Crippen LogP contribution in [0.4, 0.5) is 0 Å². The highest BCUT2D eigenvalue weighted by atomic mass is 35.5. The number of ether oxygens (including phenoxy) is 2. The molecule has 2 atom stereocenters. The molecule has 19 heavy (non-hydrogen) atoms. The number of rotatable bonds is 4. The monoisotopic (exact) mass is 283 g/mol. The normalized spacial score (nSPS) is 23.3. The van der Waals surface area contributed by atoms with E-state index in [4.69, 9.17) is 26.8 Å². The van der Waals surface area contributed by atoms with E-state index in [1.165, 1.54) is 0 Å². The van der Waals surface area contributed by atoms with Crippen molar-refractivity contribution in [2.45, 2.75) is 51.4 Å². The van der Waals surface area contributed by atoms with Crippen molar-refractivity contribution in [3.8, 4) is 5.75 Å². The van der Waals surface area contributed by atoms with Gasteiger partial charge in [0.2, 0.25) is 0 Å². The zero-order chi connectivity index (χ0) is 14.0. The predicted molar refractivity (Wildman–Crippen MR) is 77.7 cm³/mol. The molecule has 0 radical (unpaired) electrons. The third kappa shape index (κ3) is 3.85. The van der Waals surface area contributed by atoms with Gasteiger partial charge in [-0.1, -0.05) is 11.6 Å². The summed E-state index contributed by atoms with van der Waals surface area (Å²) >= 11 is 5.99. The van der Waals surface area contributed by atoms with Gasteiger partial charge in [-0.2, -0.15) is 0 Å². The fraction of sp³-hybridized carbons (Fsp3) is 0.600. The van der Waals surface area contributed by atoms with Gasteiger partial charge in [0.1, 0.15) is 12.4 Å². The van der Waals surface area contributed by atoms with Crippen LogP contribution in [0.1, 0.15) is 45.2 Å². The molecule has 2 unspecified atom stereocenters. The molecule has 0 bridgehead atoms. The summed E-state index contributed by atoms with van der Waals surface area (Å²) in [4.78, 5) is 0. The van der Waals surface area contributed by atoms with Crippen molar-refractivity contribution in [2.75, 3.05) is 6.61 Å². The smallest absolute Gasteiger partial charge is 0.124 e. The lowest BCUT2D eigenvalue weighted by Gasteiger charge is -2.20. The van der Waals surface area contributed by atoms with Crippen molar-refractivity contribution in [3.63, 3.8) is 0 Å². The van der Waals surface area contributed by atoms with Gasteiger partial charge in [-0.15, -0.1) is 0 Å². The molecule has 1 saturated heterocycles. The zero-order valence-electron chi connectivity index (χ0n) is 11.8. The van der Waals surface area contributed by atoms with E-state index in [1.807, 2.05) is 25.1 Å². The Morgan fingerprint density at radius 3 is 2.84 bits per heavy atom. The highest BCUT2D eigenvalue weighted by molar-refractivity contribution is 6.30. The second-order valence-corrected chi connectivity index (χ2v) is 6.26. The Labute approximate surface area is 120 Å². The predicted octanol–water partition coefficient (Wildman–Crippen LogP) is 3.70. The summed E-state index contributed by atoms with van der Waals surface area (Å²) in [7, 11) is 0. The maximum atomic E-state index is 5.99. The number of hydrogen-bond donors (Lipinski definition) is 1. The maximum absolute atomic E-state index is 5.99. The minimum Gasteiger partial charge on any atom is -0.491 e. The van der Waals surface area contributed by atoms with Crippen LogP contribution >= 0.6 is 11.6 Å². The fourth-order valence-corrected chi connectivity index (χ4v) is 2.56. The first-order valence-electron chi connectivity index (χ1n) is 6.73. The molecule has 1 aliphatic rings. The van der Waals surface area contributed by atoms with Crippen molar-refractivity contribution in [3.05, 3.63) is 28.8 Å². The fourth-order valence-electron chi connectivity index (χ4n) is 2.38. The van der Waals surface area contributed by atoms with Crippen LogP contribution in [0.15, 0.2) is 18.2 Å². The Morgan fingerprint density at radius 2 is 2.26 bits per heavy atom. The Morgan fingerprint density at radius 1 is 1.53 bits per heavy atom. The van der Waals surface area contributed by atoms with Crippen LogP contribution in [0.3, 0.4) is 0 Å². The standard InChI is InChI=1S/C15H22ClNO2/c1-10(17)13-8-11(16)4-5-14(13)18-9-12-6-7-15(2,3)19-12/h4-5,8,10,12H,6-7,9,17H2,1-3H3. The lowest BCUT2D eigenvalue weighted by atomic mass is 10.1. The van der Waals surface area contributed by atoms with Gasteiger partial charge in [-0.3, -0.25) is 0 Å². The average molecular weight is 284 g/mol. The Bertz CT molecular complexity index is 446. The lowest BCUT2D eigenvalue weighted by Crippen LogP contribution is -2.24. The molecule has 0 aliphatic carbocycles. The number of halogens is 1. The van der Waals surface area contributed by atoms with Gasteiger partial charge in [0.05, 0.1) is 11.7 Å². The van der Waals surface area contributed by atoms with Crippen LogP contribution in [0.2, 0.25) is 5.02 Å². The minimum atomic E-state index is -0.102. The second kappa shape index (κ2) is 5.70. The first-order chi connectivity index (χ1) is 8.87. The van der Waals surface area contributed by atoms with Crippen molar-refractivity contribution in [1.29, 1.82) is 0 Å². The molecular formula is C15H22ClNO2. The molecule has 0 saturated carbocycles. The van der Waals surface area contributed by atoms with Gasteiger partial charge in [-0.05, 0) is 51.8 Å². The number of hydrogen-bond acceptors (Lipinski definition) is 3.